The van der Waals surface area contributed by atoms with Crippen LogP contribution in [0.1, 0.15) is 34.8 Å². The van der Waals surface area contributed by atoms with E-state index in [1.54, 1.807) is 6.07 Å². The minimum atomic E-state index is -0.740. The van der Waals surface area contributed by atoms with E-state index in [1.165, 1.54) is 11.1 Å². The van der Waals surface area contributed by atoms with Crippen molar-refractivity contribution in [2.75, 3.05) is 13.1 Å². The summed E-state index contributed by atoms with van der Waals surface area (Å²) < 4.78 is 27.1. The second-order valence-corrected chi connectivity index (χ2v) is 5.54. The van der Waals surface area contributed by atoms with Crippen LogP contribution in [0.4, 0.5) is 8.78 Å². The van der Waals surface area contributed by atoms with Crippen LogP contribution >= 0.6 is 0 Å². The molecular weight excluding hydrogens is 304 g/mol. The van der Waals surface area contributed by atoms with Gasteiger partial charge in [0.15, 0.2) is 0 Å². The molecule has 1 amide bonds. The molecule has 0 spiro atoms. The van der Waals surface area contributed by atoms with E-state index >= 15 is 0 Å². The van der Waals surface area contributed by atoms with Crippen molar-refractivity contribution in [1.29, 1.82) is 0 Å². The van der Waals surface area contributed by atoms with Crippen molar-refractivity contribution < 1.29 is 13.6 Å². The minimum absolute atomic E-state index is 0.0555. The number of hydrogen-bond donors (Lipinski definition) is 1. The van der Waals surface area contributed by atoms with Crippen LogP contribution in [0.25, 0.3) is 0 Å². The highest BCUT2D eigenvalue weighted by Crippen LogP contribution is 2.26. The van der Waals surface area contributed by atoms with Gasteiger partial charge in [-0.3, -0.25) is 4.79 Å². The average molecular weight is 319 g/mol. The van der Waals surface area contributed by atoms with Crippen LogP contribution in [0.2, 0.25) is 0 Å². The highest BCUT2D eigenvalue weighted by molar-refractivity contribution is 5.94. The van der Waals surface area contributed by atoms with E-state index in [0.29, 0.717) is 18.8 Å². The smallest absolute Gasteiger partial charge is 0.338 e. The molecule has 5 nitrogen and oxygen atoms in total. The van der Waals surface area contributed by atoms with Crippen LogP contribution in [-0.4, -0.2) is 33.9 Å². The molecule has 1 saturated heterocycles. The number of benzene rings is 1. The Hall–Kier alpha value is -2.57. The van der Waals surface area contributed by atoms with Crippen molar-refractivity contribution in [3.05, 3.63) is 63.8 Å². The number of aromatic nitrogens is 2. The van der Waals surface area contributed by atoms with Gasteiger partial charge in [0.1, 0.15) is 11.6 Å². The lowest BCUT2D eigenvalue weighted by Crippen LogP contribution is -2.40. The molecule has 1 aromatic heterocycles. The summed E-state index contributed by atoms with van der Waals surface area (Å²) in [5, 5.41) is 0. The second kappa shape index (κ2) is 6.28. The third-order valence-corrected chi connectivity index (χ3v) is 4.00. The monoisotopic (exact) mass is 319 g/mol. The van der Waals surface area contributed by atoms with Crippen molar-refractivity contribution in [1.82, 2.24) is 14.9 Å². The number of H-pyrrole nitrogens is 1. The lowest BCUT2D eigenvalue weighted by atomic mass is 9.94. The number of hydrogen-bond acceptors (Lipinski definition) is 3. The first-order valence-corrected chi connectivity index (χ1v) is 7.34. The standard InChI is InChI=1S/C16H15F2N3O2/c17-11-3-4-13(18)12(8-11)15(22)21-7-1-2-10(9-21)14-5-6-19-16(23)20-14/h3-6,8,10H,1-2,7,9H2,(H,19,20,23). The quantitative estimate of drug-likeness (QED) is 0.921. The van der Waals surface area contributed by atoms with E-state index < -0.39 is 23.2 Å². The molecule has 1 fully saturated rings. The summed E-state index contributed by atoms with van der Waals surface area (Å²) in [7, 11) is 0. The third kappa shape index (κ3) is 3.28. The van der Waals surface area contributed by atoms with Crippen molar-refractivity contribution >= 4 is 5.91 Å². The van der Waals surface area contributed by atoms with E-state index in [0.717, 1.165) is 31.0 Å². The molecule has 1 atom stereocenters. The average Bonchev–Trinajstić information content (AvgIpc) is 2.56. The maximum absolute atomic E-state index is 13.8. The van der Waals surface area contributed by atoms with Crippen LogP contribution in [0.15, 0.2) is 35.3 Å². The summed E-state index contributed by atoms with van der Waals surface area (Å²) in [6, 6.07) is 4.54. The molecule has 3 rings (SSSR count). The van der Waals surface area contributed by atoms with Gasteiger partial charge in [0.25, 0.3) is 5.91 Å². The Bertz CT molecular complexity index is 791. The molecule has 0 saturated carbocycles. The molecular formula is C16H15F2N3O2. The molecule has 1 aromatic carbocycles. The fourth-order valence-corrected chi connectivity index (χ4v) is 2.87. The molecule has 7 heteroatoms. The SMILES string of the molecule is O=C(c1cc(F)ccc1F)N1CCCC(c2ccnc(=O)[nH]2)C1. The highest BCUT2D eigenvalue weighted by Gasteiger charge is 2.27. The number of carbonyl (C=O) groups excluding carboxylic acids is 1. The second-order valence-electron chi connectivity index (χ2n) is 5.54. The lowest BCUT2D eigenvalue weighted by Gasteiger charge is -2.32. The maximum Gasteiger partial charge on any atom is 0.345 e. The van der Waals surface area contributed by atoms with Gasteiger partial charge in [-0.15, -0.1) is 0 Å². The van der Waals surface area contributed by atoms with Gasteiger partial charge in [-0.25, -0.2) is 18.6 Å². The first-order chi connectivity index (χ1) is 11.0. The topological polar surface area (TPSA) is 66.1 Å². The molecule has 2 aromatic rings. The van der Waals surface area contributed by atoms with Crippen LogP contribution in [0.5, 0.6) is 0 Å². The fourth-order valence-electron chi connectivity index (χ4n) is 2.87. The van der Waals surface area contributed by atoms with Crippen molar-refractivity contribution in [2.24, 2.45) is 0 Å². The zero-order chi connectivity index (χ0) is 16.4. The van der Waals surface area contributed by atoms with Crippen LogP contribution in [0.3, 0.4) is 0 Å². The number of piperidine rings is 1. The van der Waals surface area contributed by atoms with Crippen LogP contribution < -0.4 is 5.69 Å². The minimum Gasteiger partial charge on any atom is -0.338 e. The first-order valence-electron chi connectivity index (χ1n) is 7.34. The lowest BCUT2D eigenvalue weighted by molar-refractivity contribution is 0.0700. The molecule has 1 N–H and O–H groups in total. The molecule has 120 valence electrons. The maximum atomic E-state index is 13.8. The van der Waals surface area contributed by atoms with Crippen LogP contribution in [0, 0.1) is 11.6 Å². The molecule has 1 aliphatic rings. The highest BCUT2D eigenvalue weighted by atomic mass is 19.1. The van der Waals surface area contributed by atoms with Crippen molar-refractivity contribution in [3.63, 3.8) is 0 Å². The number of nitrogens with one attached hydrogen (secondary N) is 1. The first kappa shape index (κ1) is 15.3. The van der Waals surface area contributed by atoms with E-state index in [1.807, 2.05) is 0 Å². The van der Waals surface area contributed by atoms with E-state index in [2.05, 4.69) is 9.97 Å². The van der Waals surface area contributed by atoms with Gasteiger partial charge in [-0.05, 0) is 37.1 Å². The Morgan fingerprint density at radius 2 is 2.13 bits per heavy atom. The summed E-state index contributed by atoms with van der Waals surface area (Å²) in [6.45, 7) is 0.815. The van der Waals surface area contributed by atoms with Gasteiger partial charge in [0.2, 0.25) is 0 Å². The van der Waals surface area contributed by atoms with Gasteiger partial charge < -0.3 is 9.88 Å². The molecule has 0 aliphatic carbocycles. The van der Waals surface area contributed by atoms with Gasteiger partial charge in [-0.1, -0.05) is 0 Å². The Morgan fingerprint density at radius 3 is 2.91 bits per heavy atom. The Kier molecular flexibility index (Phi) is 4.18. The van der Waals surface area contributed by atoms with Gasteiger partial charge in [0, 0.05) is 30.9 Å². The van der Waals surface area contributed by atoms with Gasteiger partial charge >= 0.3 is 5.69 Å². The van der Waals surface area contributed by atoms with E-state index in [9.17, 15) is 18.4 Å². The fraction of sp³-hybridized carbons (Fsp3) is 0.312. The molecule has 1 aliphatic heterocycles. The van der Waals surface area contributed by atoms with Gasteiger partial charge in [-0.2, -0.15) is 0 Å². The van der Waals surface area contributed by atoms with E-state index in [4.69, 9.17) is 0 Å². The van der Waals surface area contributed by atoms with Crippen LogP contribution in [-0.2, 0) is 0 Å². The predicted octanol–water partition coefficient (Wildman–Crippen LogP) is 2.07. The number of halogens is 2. The van der Waals surface area contributed by atoms with E-state index in [-0.39, 0.29) is 11.5 Å². The summed E-state index contributed by atoms with van der Waals surface area (Å²) in [5.41, 5.74) is -0.0155. The molecule has 2 heterocycles. The van der Waals surface area contributed by atoms with Crippen molar-refractivity contribution in [2.45, 2.75) is 18.8 Å². The third-order valence-electron chi connectivity index (χ3n) is 4.00. The molecule has 0 radical (unpaired) electrons. The summed E-state index contributed by atoms with van der Waals surface area (Å²) >= 11 is 0. The summed E-state index contributed by atoms with van der Waals surface area (Å²) in [6.07, 6.45) is 2.94. The zero-order valence-corrected chi connectivity index (χ0v) is 12.3. The normalized spacial score (nSPS) is 18.0. The van der Waals surface area contributed by atoms with Crippen molar-refractivity contribution in [3.8, 4) is 0 Å². The largest absolute Gasteiger partial charge is 0.345 e. The Balaban J connectivity index is 1.82. The summed E-state index contributed by atoms with van der Waals surface area (Å²) in [4.78, 5) is 31.5. The number of amides is 1. The predicted molar refractivity (Wildman–Crippen MR) is 79.1 cm³/mol. The number of likely N-dealkylation sites (tertiary alicyclic amines) is 1. The Labute approximate surface area is 131 Å². The Morgan fingerprint density at radius 1 is 1.30 bits per heavy atom. The number of rotatable bonds is 2. The number of nitrogens with zero attached hydrogens (tertiary/aromatic N) is 2. The number of carbonyl (C=O) groups is 1. The molecule has 1 unspecified atom stereocenters. The zero-order valence-electron chi connectivity index (χ0n) is 12.3. The summed E-state index contributed by atoms with van der Waals surface area (Å²) in [5.74, 6) is -1.99. The van der Waals surface area contributed by atoms with Gasteiger partial charge in [0.05, 0.1) is 5.56 Å². The molecule has 23 heavy (non-hydrogen) atoms. The molecule has 0 bridgehead atoms. The number of aromatic amines is 1.